The average molecular weight is 929 g/mol. The lowest BCUT2D eigenvalue weighted by Gasteiger charge is -2.20. The minimum absolute atomic E-state index is 0.00717. The molecule has 0 aliphatic rings. The lowest BCUT2D eigenvalue weighted by Crippen LogP contribution is -2.45. The van der Waals surface area contributed by atoms with Gasteiger partial charge in [-0.3, -0.25) is 9.59 Å². The summed E-state index contributed by atoms with van der Waals surface area (Å²) in [4.78, 5) is 24.5. The first-order valence-electron chi connectivity index (χ1n) is 29.3. The average Bonchev–Trinajstić information content (AvgIpc) is 3.32. The molecule has 0 aromatic carbocycles. The van der Waals surface area contributed by atoms with Crippen LogP contribution < -0.4 is 5.32 Å². The number of esters is 1. The van der Waals surface area contributed by atoms with Gasteiger partial charge in [-0.25, -0.2) is 0 Å². The minimum atomic E-state index is -0.852. The molecule has 0 radical (unpaired) electrons. The van der Waals surface area contributed by atoms with E-state index >= 15 is 0 Å². The summed E-state index contributed by atoms with van der Waals surface area (Å²) in [5, 5.41) is 23.1. The summed E-state index contributed by atoms with van der Waals surface area (Å²) in [6.45, 7) is 4.87. The number of allylic oxidation sites excluding steroid dienone is 5. The molecule has 0 heterocycles. The second-order valence-electron chi connectivity index (χ2n) is 20.0. The number of amides is 1. The Kier molecular flexibility index (Phi) is 54.1. The van der Waals surface area contributed by atoms with Gasteiger partial charge < -0.3 is 20.3 Å². The number of aliphatic hydroxyl groups excluding tert-OH is 2. The molecule has 1 amide bonds. The topological polar surface area (TPSA) is 95.9 Å². The van der Waals surface area contributed by atoms with Crippen LogP contribution in [0.2, 0.25) is 0 Å². The molecule has 66 heavy (non-hydrogen) atoms. The van der Waals surface area contributed by atoms with E-state index in [1.165, 1.54) is 218 Å². The van der Waals surface area contributed by atoms with Crippen molar-refractivity contribution in [2.45, 2.75) is 321 Å². The first kappa shape index (κ1) is 64.1. The van der Waals surface area contributed by atoms with E-state index in [1.807, 2.05) is 6.08 Å². The summed E-state index contributed by atoms with van der Waals surface area (Å²) in [7, 11) is 0. The minimum Gasteiger partial charge on any atom is -0.466 e. The molecule has 388 valence electrons. The Morgan fingerprint density at radius 2 is 0.758 bits per heavy atom. The fraction of sp³-hybridized carbons (Fsp3) is 0.867. The zero-order valence-corrected chi connectivity index (χ0v) is 44.2. The number of ether oxygens (including phenoxy) is 1. The van der Waals surface area contributed by atoms with E-state index in [9.17, 15) is 19.8 Å². The second-order valence-corrected chi connectivity index (χ2v) is 20.0. The van der Waals surface area contributed by atoms with Crippen LogP contribution in [0.1, 0.15) is 309 Å². The van der Waals surface area contributed by atoms with Crippen molar-refractivity contribution in [1.29, 1.82) is 0 Å². The maximum atomic E-state index is 12.5. The van der Waals surface area contributed by atoms with Gasteiger partial charge in [0.1, 0.15) is 0 Å². The van der Waals surface area contributed by atoms with Gasteiger partial charge in [-0.15, -0.1) is 0 Å². The number of aliphatic hydroxyl groups is 2. The summed E-state index contributed by atoms with van der Waals surface area (Å²) in [5.74, 6) is -0.0847. The predicted octanol–water partition coefficient (Wildman–Crippen LogP) is 18.0. The Hall–Kier alpha value is -1.92. The zero-order valence-electron chi connectivity index (χ0n) is 44.2. The lowest BCUT2D eigenvalue weighted by atomic mass is 10.0. The number of rotatable bonds is 54. The van der Waals surface area contributed by atoms with Crippen LogP contribution in [0.4, 0.5) is 0 Å². The monoisotopic (exact) mass is 928 g/mol. The third kappa shape index (κ3) is 51.5. The Morgan fingerprint density at radius 3 is 1.18 bits per heavy atom. The molecule has 2 atom stereocenters. The molecule has 6 nitrogen and oxygen atoms in total. The Morgan fingerprint density at radius 1 is 0.424 bits per heavy atom. The predicted molar refractivity (Wildman–Crippen MR) is 287 cm³/mol. The van der Waals surface area contributed by atoms with Gasteiger partial charge >= 0.3 is 5.97 Å². The standard InChI is InChI=1S/C60H113NO5/c1-3-5-7-9-11-13-15-17-19-21-22-23-25-30-34-38-42-46-50-54-60(65)66-55-51-47-43-39-35-31-27-26-29-33-37-41-45-49-53-59(64)61-57(56-62)58(63)52-48-44-40-36-32-28-24-20-18-16-14-12-10-8-6-4-2/h11,13,17,19,48,52,57-58,62-63H,3-10,12,14-16,18,20-47,49-51,53-56H2,1-2H3,(H,61,64)/b13-11-,19-17-,52-48+. The third-order valence-electron chi connectivity index (χ3n) is 13.4. The largest absolute Gasteiger partial charge is 0.466 e. The van der Waals surface area contributed by atoms with E-state index in [-0.39, 0.29) is 18.5 Å². The number of carbonyl (C=O) groups excluding carboxylic acids is 2. The van der Waals surface area contributed by atoms with Gasteiger partial charge in [0.2, 0.25) is 5.91 Å². The van der Waals surface area contributed by atoms with Gasteiger partial charge in [-0.1, -0.05) is 269 Å². The van der Waals surface area contributed by atoms with Crippen LogP contribution in [-0.4, -0.2) is 47.4 Å². The van der Waals surface area contributed by atoms with Gasteiger partial charge in [0.05, 0.1) is 25.4 Å². The van der Waals surface area contributed by atoms with Gasteiger partial charge in [-0.2, -0.15) is 0 Å². The first-order chi connectivity index (χ1) is 32.5. The molecule has 6 heteroatoms. The van der Waals surface area contributed by atoms with Crippen molar-refractivity contribution in [3.05, 3.63) is 36.5 Å². The van der Waals surface area contributed by atoms with Crippen molar-refractivity contribution < 1.29 is 24.5 Å². The first-order valence-corrected chi connectivity index (χ1v) is 29.3. The normalized spacial score (nSPS) is 12.8. The number of hydrogen-bond donors (Lipinski definition) is 3. The highest BCUT2D eigenvalue weighted by molar-refractivity contribution is 5.76. The van der Waals surface area contributed by atoms with Gasteiger partial charge in [0, 0.05) is 12.8 Å². The van der Waals surface area contributed by atoms with E-state index in [0.29, 0.717) is 19.4 Å². The molecule has 0 aliphatic carbocycles. The van der Waals surface area contributed by atoms with Crippen LogP contribution in [0, 0.1) is 0 Å². The SMILES string of the molecule is CCCCC/C=C\C/C=C\CCCCCCCCCCCC(=O)OCCCCCCCCCCCCCCCCC(=O)NC(CO)C(O)/C=C/CCCCCCCCCCCCCCCC. The molecule has 0 aliphatic heterocycles. The van der Waals surface area contributed by atoms with Crippen LogP contribution in [-0.2, 0) is 14.3 Å². The summed E-state index contributed by atoms with van der Waals surface area (Å²) >= 11 is 0. The summed E-state index contributed by atoms with van der Waals surface area (Å²) in [5.41, 5.74) is 0. The number of unbranched alkanes of at least 4 members (excludes halogenated alkanes) is 39. The highest BCUT2D eigenvalue weighted by Crippen LogP contribution is 2.17. The zero-order chi connectivity index (χ0) is 47.9. The van der Waals surface area contributed by atoms with Crippen molar-refractivity contribution in [2.24, 2.45) is 0 Å². The maximum absolute atomic E-state index is 12.5. The van der Waals surface area contributed by atoms with Crippen LogP contribution >= 0.6 is 0 Å². The van der Waals surface area contributed by atoms with E-state index in [0.717, 1.165) is 64.2 Å². The van der Waals surface area contributed by atoms with Crippen LogP contribution in [0.3, 0.4) is 0 Å². The van der Waals surface area contributed by atoms with Crippen molar-refractivity contribution in [3.8, 4) is 0 Å². The van der Waals surface area contributed by atoms with Gasteiger partial charge in [-0.05, 0) is 64.2 Å². The fourth-order valence-corrected chi connectivity index (χ4v) is 8.90. The summed E-state index contributed by atoms with van der Waals surface area (Å²) in [6.07, 6.45) is 68.7. The molecule has 0 aromatic rings. The van der Waals surface area contributed by atoms with E-state index < -0.39 is 12.1 Å². The van der Waals surface area contributed by atoms with E-state index in [4.69, 9.17) is 4.74 Å². The summed E-state index contributed by atoms with van der Waals surface area (Å²) in [6, 6.07) is -0.636. The fourth-order valence-electron chi connectivity index (χ4n) is 8.90. The molecule has 0 fully saturated rings. The van der Waals surface area contributed by atoms with Gasteiger partial charge in [0.25, 0.3) is 0 Å². The lowest BCUT2D eigenvalue weighted by molar-refractivity contribution is -0.143. The molecular weight excluding hydrogens is 815 g/mol. The van der Waals surface area contributed by atoms with E-state index in [2.05, 4.69) is 43.5 Å². The summed E-state index contributed by atoms with van der Waals surface area (Å²) < 4.78 is 5.48. The molecule has 0 spiro atoms. The molecular formula is C60H113NO5. The van der Waals surface area contributed by atoms with Crippen molar-refractivity contribution in [2.75, 3.05) is 13.2 Å². The van der Waals surface area contributed by atoms with Crippen molar-refractivity contribution in [3.63, 3.8) is 0 Å². The van der Waals surface area contributed by atoms with Crippen LogP contribution in [0.25, 0.3) is 0 Å². The van der Waals surface area contributed by atoms with Gasteiger partial charge in [0.15, 0.2) is 0 Å². The van der Waals surface area contributed by atoms with Crippen molar-refractivity contribution >= 4 is 11.9 Å². The maximum Gasteiger partial charge on any atom is 0.305 e. The van der Waals surface area contributed by atoms with Crippen LogP contribution in [0.5, 0.6) is 0 Å². The quantitative estimate of drug-likeness (QED) is 0.0321. The Bertz CT molecular complexity index is 1070. The molecule has 0 bridgehead atoms. The third-order valence-corrected chi connectivity index (χ3v) is 13.4. The highest BCUT2D eigenvalue weighted by Gasteiger charge is 2.18. The molecule has 0 aromatic heterocycles. The molecule has 0 saturated heterocycles. The van der Waals surface area contributed by atoms with E-state index in [1.54, 1.807) is 6.08 Å². The molecule has 2 unspecified atom stereocenters. The Balaban J connectivity index is 3.46. The van der Waals surface area contributed by atoms with Crippen LogP contribution in [0.15, 0.2) is 36.5 Å². The number of hydrogen-bond acceptors (Lipinski definition) is 5. The highest BCUT2D eigenvalue weighted by atomic mass is 16.5. The smallest absolute Gasteiger partial charge is 0.305 e. The Labute approximate surface area is 411 Å². The number of carbonyl (C=O) groups is 2. The molecule has 0 rings (SSSR count). The molecule has 0 saturated carbocycles. The molecule has 3 N–H and O–H groups in total. The second kappa shape index (κ2) is 55.7. The number of nitrogens with one attached hydrogen (secondary N) is 1. The van der Waals surface area contributed by atoms with Crippen molar-refractivity contribution in [1.82, 2.24) is 5.32 Å².